The summed E-state index contributed by atoms with van der Waals surface area (Å²) in [5.74, 6) is 0.851. The van der Waals surface area contributed by atoms with Gasteiger partial charge in [-0.1, -0.05) is 11.8 Å². The molecule has 0 atom stereocenters. The van der Waals surface area contributed by atoms with Crippen LogP contribution in [0.2, 0.25) is 0 Å². The van der Waals surface area contributed by atoms with Crippen molar-refractivity contribution in [1.29, 1.82) is 0 Å². The van der Waals surface area contributed by atoms with E-state index < -0.39 is 17.8 Å². The van der Waals surface area contributed by atoms with Gasteiger partial charge >= 0.3 is 12.3 Å². The number of hydrogen-bond acceptors (Lipinski definition) is 4. The fourth-order valence-corrected chi connectivity index (χ4v) is 2.96. The molecule has 0 radical (unpaired) electrons. The number of alkyl halides is 3. The quantitative estimate of drug-likeness (QED) is 0.842. The molecule has 0 bridgehead atoms. The smallest absolute Gasteiger partial charge is 0.418 e. The molecule has 10 heteroatoms. The number of anilines is 1. The molecule has 1 N–H and O–H groups in total. The van der Waals surface area contributed by atoms with Gasteiger partial charge in [0, 0.05) is 19.3 Å². The maximum atomic E-state index is 13.2. The highest BCUT2D eigenvalue weighted by Crippen LogP contribution is 2.37. The van der Waals surface area contributed by atoms with Crippen molar-refractivity contribution in [2.24, 2.45) is 4.99 Å². The number of hydrogen-bond donors (Lipinski definition) is 1. The molecule has 1 amide bonds. The summed E-state index contributed by atoms with van der Waals surface area (Å²) in [6, 6.07) is 3.52. The van der Waals surface area contributed by atoms with Gasteiger partial charge in [-0.25, -0.2) is 9.79 Å². The van der Waals surface area contributed by atoms with Gasteiger partial charge in [0.2, 0.25) is 0 Å². The average molecular weight is 384 g/mol. The molecule has 1 aromatic rings. The lowest BCUT2D eigenvalue weighted by molar-refractivity contribution is -0.136. The molecule has 24 heavy (non-hydrogen) atoms. The van der Waals surface area contributed by atoms with Gasteiger partial charge in [0.25, 0.3) is 0 Å². The number of ether oxygens (including phenoxy) is 1. The van der Waals surface area contributed by atoms with Crippen LogP contribution in [0.25, 0.3) is 0 Å². The molecule has 2 rings (SSSR count). The lowest BCUT2D eigenvalue weighted by Gasteiger charge is -2.15. The molecule has 0 unspecified atom stereocenters. The van der Waals surface area contributed by atoms with E-state index in [1.807, 2.05) is 11.9 Å². The number of aliphatic imine (C=N–C) groups is 1. The van der Waals surface area contributed by atoms with Gasteiger partial charge in [-0.2, -0.15) is 13.2 Å². The summed E-state index contributed by atoms with van der Waals surface area (Å²) in [6.45, 7) is 2.44. The minimum atomic E-state index is -4.61. The van der Waals surface area contributed by atoms with E-state index in [-0.39, 0.29) is 30.4 Å². The van der Waals surface area contributed by atoms with Crippen molar-refractivity contribution in [2.45, 2.75) is 13.1 Å². The molecule has 1 aromatic carbocycles. The summed E-state index contributed by atoms with van der Waals surface area (Å²) in [6.07, 6.45) is -5.54. The fourth-order valence-electron chi connectivity index (χ4n) is 1.93. The molecule has 0 saturated carbocycles. The summed E-state index contributed by atoms with van der Waals surface area (Å²) in [7, 11) is 1.83. The van der Waals surface area contributed by atoms with Crippen molar-refractivity contribution < 1.29 is 22.7 Å². The van der Waals surface area contributed by atoms with Crippen LogP contribution in [0.4, 0.5) is 29.3 Å². The monoisotopic (exact) mass is 383 g/mol. The van der Waals surface area contributed by atoms with E-state index in [1.54, 1.807) is 6.92 Å². The van der Waals surface area contributed by atoms with Crippen LogP contribution in [0.15, 0.2) is 23.2 Å². The fraction of sp³-hybridized carbons (Fsp3) is 0.429. The Kier molecular flexibility index (Phi) is 7.22. The zero-order chi connectivity index (χ0) is 17.0. The molecule has 1 heterocycles. The molecule has 1 aliphatic heterocycles. The number of halogens is 4. The number of amides is 1. The molecule has 1 saturated heterocycles. The van der Waals surface area contributed by atoms with Crippen LogP contribution in [-0.2, 0) is 10.9 Å². The molecule has 0 aromatic heterocycles. The molecule has 1 fully saturated rings. The number of nitrogens with zero attached hydrogens (tertiary/aromatic N) is 2. The van der Waals surface area contributed by atoms with E-state index in [0.29, 0.717) is 5.17 Å². The highest BCUT2D eigenvalue weighted by atomic mass is 35.5. The Labute approximate surface area is 148 Å². The third-order valence-corrected chi connectivity index (χ3v) is 4.08. The molecule has 0 spiro atoms. The molecular weight excluding hydrogens is 367 g/mol. The predicted octanol–water partition coefficient (Wildman–Crippen LogP) is 4.36. The molecular formula is C14H17ClF3N3O2S. The summed E-state index contributed by atoms with van der Waals surface area (Å²) < 4.78 is 44.2. The first-order chi connectivity index (χ1) is 10.8. The van der Waals surface area contributed by atoms with Crippen molar-refractivity contribution >= 4 is 46.8 Å². The van der Waals surface area contributed by atoms with Crippen molar-refractivity contribution in [3.8, 4) is 0 Å². The summed E-state index contributed by atoms with van der Waals surface area (Å²) in [5, 5.41) is 2.77. The van der Waals surface area contributed by atoms with Gasteiger partial charge in [-0.05, 0) is 25.1 Å². The minimum absolute atomic E-state index is 0. The number of carbonyl (C=O) groups excluding carboxylic acids is 1. The third kappa shape index (κ3) is 5.20. The lowest BCUT2D eigenvalue weighted by Crippen LogP contribution is -2.18. The van der Waals surface area contributed by atoms with Crippen LogP contribution in [0.1, 0.15) is 12.5 Å². The van der Waals surface area contributed by atoms with E-state index in [4.69, 9.17) is 0 Å². The lowest BCUT2D eigenvalue weighted by atomic mass is 10.1. The molecule has 1 aliphatic rings. The van der Waals surface area contributed by atoms with Gasteiger partial charge < -0.3 is 9.64 Å². The first-order valence-corrected chi connectivity index (χ1v) is 7.87. The van der Waals surface area contributed by atoms with E-state index in [2.05, 4.69) is 15.0 Å². The van der Waals surface area contributed by atoms with Gasteiger partial charge in [-0.3, -0.25) is 5.32 Å². The number of thioether (sulfide) groups is 1. The molecule has 134 valence electrons. The largest absolute Gasteiger partial charge is 0.450 e. The Bertz CT molecular complexity index is 626. The zero-order valence-corrected chi connectivity index (χ0v) is 14.6. The van der Waals surface area contributed by atoms with Crippen LogP contribution in [-0.4, -0.2) is 42.1 Å². The van der Waals surface area contributed by atoms with E-state index >= 15 is 0 Å². The maximum Gasteiger partial charge on any atom is 0.418 e. The Morgan fingerprint density at radius 2 is 2.17 bits per heavy atom. The van der Waals surface area contributed by atoms with Crippen LogP contribution >= 0.6 is 24.2 Å². The third-order valence-electron chi connectivity index (χ3n) is 3.03. The van der Waals surface area contributed by atoms with E-state index in [1.165, 1.54) is 23.9 Å². The Hall–Kier alpha value is -1.61. The Morgan fingerprint density at radius 3 is 2.71 bits per heavy atom. The van der Waals surface area contributed by atoms with Crippen LogP contribution in [0.5, 0.6) is 0 Å². The van der Waals surface area contributed by atoms with E-state index in [0.717, 1.165) is 18.4 Å². The maximum absolute atomic E-state index is 13.2. The van der Waals surface area contributed by atoms with Crippen LogP contribution in [0, 0.1) is 0 Å². The zero-order valence-electron chi connectivity index (χ0n) is 13.0. The van der Waals surface area contributed by atoms with Crippen molar-refractivity contribution in [1.82, 2.24) is 4.90 Å². The normalized spacial score (nSPS) is 16.0. The van der Waals surface area contributed by atoms with Crippen LogP contribution < -0.4 is 5.32 Å². The van der Waals surface area contributed by atoms with Crippen molar-refractivity contribution in [3.05, 3.63) is 23.8 Å². The summed E-state index contributed by atoms with van der Waals surface area (Å²) >= 11 is 1.49. The van der Waals surface area contributed by atoms with Gasteiger partial charge in [0.15, 0.2) is 5.17 Å². The number of benzene rings is 1. The average Bonchev–Trinajstić information content (AvgIpc) is 2.85. The first-order valence-electron chi connectivity index (χ1n) is 6.89. The van der Waals surface area contributed by atoms with Crippen molar-refractivity contribution in [3.63, 3.8) is 0 Å². The van der Waals surface area contributed by atoms with Crippen molar-refractivity contribution in [2.75, 3.05) is 31.3 Å². The second-order valence-corrected chi connectivity index (χ2v) is 5.80. The minimum Gasteiger partial charge on any atom is -0.450 e. The molecule has 5 nitrogen and oxygen atoms in total. The van der Waals surface area contributed by atoms with Crippen LogP contribution in [0.3, 0.4) is 0 Å². The summed E-state index contributed by atoms with van der Waals surface area (Å²) in [5.41, 5.74) is -1.13. The Balaban J connectivity index is 0.00000288. The number of amidine groups is 1. The molecule has 0 aliphatic carbocycles. The summed E-state index contributed by atoms with van der Waals surface area (Å²) in [4.78, 5) is 17.5. The second kappa shape index (κ2) is 8.48. The standard InChI is InChI=1S/C14H16F3N3O2S.ClH/c1-3-22-13(21)19-11-5-4-9(8-10(11)14(15,16)17)18-12-20(2)6-7-23-12;/h4-5,8H,3,6-7H2,1-2H3,(H,19,21);1H. The first kappa shape index (κ1) is 20.4. The Morgan fingerprint density at radius 1 is 1.46 bits per heavy atom. The van der Waals surface area contributed by atoms with E-state index in [9.17, 15) is 18.0 Å². The number of rotatable bonds is 3. The van der Waals surface area contributed by atoms with Gasteiger partial charge in [-0.15, -0.1) is 12.4 Å². The topological polar surface area (TPSA) is 53.9 Å². The highest BCUT2D eigenvalue weighted by Gasteiger charge is 2.34. The predicted molar refractivity (Wildman–Crippen MR) is 91.5 cm³/mol. The second-order valence-electron chi connectivity index (χ2n) is 4.74. The van der Waals surface area contributed by atoms with Gasteiger partial charge in [0.1, 0.15) is 0 Å². The SMILES string of the molecule is CCOC(=O)Nc1ccc(N=C2SCCN2C)cc1C(F)(F)F.Cl. The van der Waals surface area contributed by atoms with Gasteiger partial charge in [0.05, 0.1) is 23.5 Å². The number of nitrogens with one attached hydrogen (secondary N) is 1. The highest BCUT2D eigenvalue weighted by molar-refractivity contribution is 8.14. The number of carbonyl (C=O) groups is 1.